The van der Waals surface area contributed by atoms with Gasteiger partial charge in [0.05, 0.1) is 30.0 Å². The first-order valence-electron chi connectivity index (χ1n) is 9.92. The zero-order valence-electron chi connectivity index (χ0n) is 16.6. The van der Waals surface area contributed by atoms with Crippen molar-refractivity contribution in [3.05, 3.63) is 41.3 Å². The van der Waals surface area contributed by atoms with Crippen molar-refractivity contribution in [1.82, 2.24) is 14.8 Å². The summed E-state index contributed by atoms with van der Waals surface area (Å²) in [4.78, 5) is 7.02. The molecule has 1 N–H and O–H groups in total. The Kier molecular flexibility index (Phi) is 4.72. The van der Waals surface area contributed by atoms with Crippen LogP contribution in [0.5, 0.6) is 0 Å². The van der Waals surface area contributed by atoms with E-state index in [1.54, 1.807) is 0 Å². The van der Waals surface area contributed by atoms with Crippen LogP contribution in [0.3, 0.4) is 0 Å². The number of ether oxygens (including phenoxy) is 1. The van der Waals surface area contributed by atoms with Gasteiger partial charge in [-0.25, -0.2) is 4.98 Å². The van der Waals surface area contributed by atoms with E-state index in [0.717, 1.165) is 62.4 Å². The van der Waals surface area contributed by atoms with Crippen LogP contribution in [0.25, 0.3) is 0 Å². The lowest BCUT2D eigenvalue weighted by atomic mass is 9.78. The van der Waals surface area contributed by atoms with Gasteiger partial charge in [0.2, 0.25) is 0 Å². The molecule has 2 aromatic heterocycles. The number of nitrogens with zero attached hydrogens (tertiary/aromatic N) is 4. The van der Waals surface area contributed by atoms with Crippen LogP contribution in [0.2, 0.25) is 0 Å². The van der Waals surface area contributed by atoms with Crippen molar-refractivity contribution in [3.63, 3.8) is 0 Å². The topological polar surface area (TPSA) is 63.4 Å². The molecule has 0 amide bonds. The number of hydrogen-bond acceptors (Lipinski definition) is 5. The Morgan fingerprint density at radius 1 is 1.19 bits per heavy atom. The maximum atomic E-state index is 10.4. The first-order valence-corrected chi connectivity index (χ1v) is 9.92. The molecule has 1 spiro atoms. The van der Waals surface area contributed by atoms with Crippen LogP contribution in [0, 0.1) is 13.8 Å². The molecule has 0 bridgehead atoms. The third-order valence-corrected chi connectivity index (χ3v) is 6.00. The van der Waals surface area contributed by atoms with Crippen molar-refractivity contribution in [2.24, 2.45) is 0 Å². The average Bonchev–Trinajstić information content (AvgIpc) is 2.93. The van der Waals surface area contributed by atoms with Gasteiger partial charge in [0.15, 0.2) is 0 Å². The summed E-state index contributed by atoms with van der Waals surface area (Å²) in [6.07, 6.45) is 5.31. The lowest BCUT2D eigenvalue weighted by molar-refractivity contribution is -0.162. The molecular weight excluding hydrogens is 340 g/mol. The molecule has 2 aliphatic heterocycles. The van der Waals surface area contributed by atoms with E-state index >= 15 is 0 Å². The number of hydrogen-bond donors (Lipinski definition) is 1. The van der Waals surface area contributed by atoms with Crippen molar-refractivity contribution in [2.45, 2.75) is 64.2 Å². The Morgan fingerprint density at radius 3 is 2.56 bits per heavy atom. The van der Waals surface area contributed by atoms with E-state index < -0.39 is 5.60 Å². The normalized spacial score (nSPS) is 25.1. The summed E-state index contributed by atoms with van der Waals surface area (Å²) in [6.45, 7) is 9.27. The molecular formula is C21H30N4O2. The number of aliphatic hydroxyl groups is 1. The van der Waals surface area contributed by atoms with E-state index in [1.165, 1.54) is 5.69 Å². The average molecular weight is 370 g/mol. The number of aryl methyl sites for hydroxylation is 2. The molecule has 6 nitrogen and oxygen atoms in total. The van der Waals surface area contributed by atoms with Crippen LogP contribution in [0.15, 0.2) is 24.4 Å². The third kappa shape index (κ3) is 4.01. The van der Waals surface area contributed by atoms with E-state index in [2.05, 4.69) is 35.1 Å². The number of piperidine rings is 1. The molecule has 2 saturated heterocycles. The molecule has 4 heterocycles. The predicted octanol–water partition coefficient (Wildman–Crippen LogP) is 2.84. The summed E-state index contributed by atoms with van der Waals surface area (Å²) < 4.78 is 8.12. The molecule has 2 aliphatic rings. The predicted molar refractivity (Wildman–Crippen MR) is 105 cm³/mol. The van der Waals surface area contributed by atoms with Gasteiger partial charge in [-0.2, -0.15) is 5.10 Å². The third-order valence-electron chi connectivity index (χ3n) is 6.00. The summed E-state index contributed by atoms with van der Waals surface area (Å²) in [6, 6.07) is 6.35. The summed E-state index contributed by atoms with van der Waals surface area (Å²) >= 11 is 0. The maximum absolute atomic E-state index is 10.4. The number of aromatic nitrogens is 3. The second-order valence-corrected chi connectivity index (χ2v) is 8.55. The monoisotopic (exact) mass is 370 g/mol. The summed E-state index contributed by atoms with van der Waals surface area (Å²) in [5.74, 6) is 1.02. The van der Waals surface area contributed by atoms with Gasteiger partial charge in [-0.1, -0.05) is 6.07 Å². The molecule has 0 aliphatic carbocycles. The van der Waals surface area contributed by atoms with Crippen LogP contribution in [0.4, 0.5) is 5.82 Å². The van der Waals surface area contributed by atoms with Gasteiger partial charge >= 0.3 is 0 Å². The highest BCUT2D eigenvalue weighted by Gasteiger charge is 2.44. The minimum Gasteiger partial charge on any atom is -0.390 e. The highest BCUT2D eigenvalue weighted by Crippen LogP contribution is 2.39. The molecule has 1 atom stereocenters. The smallest absolute Gasteiger partial charge is 0.128 e. The second-order valence-electron chi connectivity index (χ2n) is 8.55. The van der Waals surface area contributed by atoms with Crippen LogP contribution in [-0.2, 0) is 11.3 Å². The van der Waals surface area contributed by atoms with Crippen molar-refractivity contribution < 1.29 is 9.84 Å². The van der Waals surface area contributed by atoms with Crippen LogP contribution in [0.1, 0.15) is 49.6 Å². The first kappa shape index (κ1) is 18.4. The largest absolute Gasteiger partial charge is 0.390 e. The zero-order chi connectivity index (χ0) is 19.1. The Labute approximate surface area is 161 Å². The lowest BCUT2D eigenvalue weighted by Gasteiger charge is -2.48. The summed E-state index contributed by atoms with van der Waals surface area (Å²) in [5, 5.41) is 15.0. The van der Waals surface area contributed by atoms with E-state index in [-0.39, 0.29) is 5.60 Å². The summed E-state index contributed by atoms with van der Waals surface area (Å²) in [7, 11) is 0. The minimum atomic E-state index is -0.594. The SMILES string of the molecule is Cc1cc(C)n(Cc2ccc(N3CCC4(CC3)CC(C)(O)CCO4)nc2)n1. The van der Waals surface area contributed by atoms with Gasteiger partial charge in [0, 0.05) is 31.4 Å². The van der Waals surface area contributed by atoms with Gasteiger partial charge in [0.1, 0.15) is 5.82 Å². The van der Waals surface area contributed by atoms with Crippen molar-refractivity contribution in [3.8, 4) is 0 Å². The Bertz CT molecular complexity index is 789. The van der Waals surface area contributed by atoms with Gasteiger partial charge in [-0.15, -0.1) is 0 Å². The Morgan fingerprint density at radius 2 is 1.96 bits per heavy atom. The number of anilines is 1. The van der Waals surface area contributed by atoms with Crippen LogP contribution < -0.4 is 4.90 Å². The zero-order valence-corrected chi connectivity index (χ0v) is 16.6. The second kappa shape index (κ2) is 6.91. The van der Waals surface area contributed by atoms with E-state index in [4.69, 9.17) is 9.72 Å². The molecule has 4 rings (SSSR count). The quantitative estimate of drug-likeness (QED) is 0.900. The fourth-order valence-electron chi connectivity index (χ4n) is 4.49. The first-order chi connectivity index (χ1) is 12.8. The summed E-state index contributed by atoms with van der Waals surface area (Å²) in [5.41, 5.74) is 2.62. The minimum absolute atomic E-state index is 0.159. The van der Waals surface area contributed by atoms with Gasteiger partial charge in [-0.05, 0) is 57.7 Å². The fraction of sp³-hybridized carbons (Fsp3) is 0.619. The molecule has 146 valence electrons. The van der Waals surface area contributed by atoms with E-state index in [9.17, 15) is 5.11 Å². The molecule has 0 aromatic carbocycles. The number of rotatable bonds is 3. The molecule has 0 radical (unpaired) electrons. The fourth-order valence-corrected chi connectivity index (χ4v) is 4.49. The van der Waals surface area contributed by atoms with Crippen LogP contribution in [-0.4, -0.2) is 50.8 Å². The maximum Gasteiger partial charge on any atom is 0.128 e. The van der Waals surface area contributed by atoms with E-state index in [0.29, 0.717) is 6.61 Å². The molecule has 1 unspecified atom stereocenters. The molecule has 0 saturated carbocycles. The van der Waals surface area contributed by atoms with Crippen LogP contribution >= 0.6 is 0 Å². The van der Waals surface area contributed by atoms with Crippen molar-refractivity contribution in [1.29, 1.82) is 0 Å². The molecule has 2 aromatic rings. The number of pyridine rings is 1. The molecule has 6 heteroatoms. The lowest BCUT2D eigenvalue weighted by Crippen LogP contribution is -2.53. The van der Waals surface area contributed by atoms with Gasteiger partial charge in [-0.3, -0.25) is 4.68 Å². The van der Waals surface area contributed by atoms with Gasteiger partial charge < -0.3 is 14.7 Å². The van der Waals surface area contributed by atoms with Crippen molar-refractivity contribution >= 4 is 5.82 Å². The highest BCUT2D eigenvalue weighted by molar-refractivity contribution is 5.40. The Balaban J connectivity index is 1.38. The standard InChI is InChI=1S/C21H30N4O2/c1-16-12-17(2)25(23-16)14-18-4-5-19(22-13-18)24-9-6-21(7-10-24)15-20(3,26)8-11-27-21/h4-5,12-13,26H,6-11,14-15H2,1-3H3. The molecule has 27 heavy (non-hydrogen) atoms. The van der Waals surface area contributed by atoms with E-state index in [1.807, 2.05) is 24.7 Å². The molecule has 2 fully saturated rings. The van der Waals surface area contributed by atoms with Crippen molar-refractivity contribution in [2.75, 3.05) is 24.6 Å². The van der Waals surface area contributed by atoms with Gasteiger partial charge in [0.25, 0.3) is 0 Å². The highest BCUT2D eigenvalue weighted by atomic mass is 16.5. The Hall–Kier alpha value is -1.92.